The van der Waals surface area contributed by atoms with Gasteiger partial charge in [0.2, 0.25) is 0 Å². The Hall–Kier alpha value is -0.120. The van der Waals surface area contributed by atoms with Crippen molar-refractivity contribution in [2.45, 2.75) is 31.8 Å². The highest BCUT2D eigenvalue weighted by atomic mass is 15.2. The van der Waals surface area contributed by atoms with Crippen LogP contribution in [0.4, 0.5) is 0 Å². The first-order chi connectivity index (χ1) is 6.77. The number of nitrogens with one attached hydrogen (secondary N) is 1. The van der Waals surface area contributed by atoms with E-state index in [2.05, 4.69) is 29.1 Å². The molecule has 0 amide bonds. The second-order valence-electron chi connectivity index (χ2n) is 4.79. The molecule has 2 aliphatic rings. The molecule has 2 atom stereocenters. The average Bonchev–Trinajstić information content (AvgIpc) is 2.23. The van der Waals surface area contributed by atoms with E-state index in [0.717, 1.165) is 12.1 Å². The molecule has 0 radical (unpaired) electrons. The van der Waals surface area contributed by atoms with Gasteiger partial charge in [-0.2, -0.15) is 0 Å². The molecule has 2 heterocycles. The molecule has 3 nitrogen and oxygen atoms in total. The molecular weight excluding hydrogens is 174 g/mol. The molecule has 0 aromatic heterocycles. The van der Waals surface area contributed by atoms with Gasteiger partial charge < -0.3 is 10.2 Å². The fourth-order valence-electron chi connectivity index (χ4n) is 2.64. The van der Waals surface area contributed by atoms with Crippen molar-refractivity contribution in [3.63, 3.8) is 0 Å². The van der Waals surface area contributed by atoms with E-state index >= 15 is 0 Å². The van der Waals surface area contributed by atoms with E-state index in [1.807, 2.05) is 0 Å². The molecule has 2 saturated heterocycles. The van der Waals surface area contributed by atoms with Crippen molar-refractivity contribution >= 4 is 0 Å². The van der Waals surface area contributed by atoms with E-state index in [9.17, 15) is 0 Å². The molecule has 0 aliphatic carbocycles. The highest BCUT2D eigenvalue weighted by molar-refractivity contribution is 4.85. The summed E-state index contributed by atoms with van der Waals surface area (Å²) in [5.41, 5.74) is 0. The maximum atomic E-state index is 3.42. The van der Waals surface area contributed by atoms with Gasteiger partial charge in [-0.15, -0.1) is 0 Å². The van der Waals surface area contributed by atoms with Crippen molar-refractivity contribution in [2.24, 2.45) is 0 Å². The predicted octanol–water partition coefficient (Wildman–Crippen LogP) is 0.374. The smallest absolute Gasteiger partial charge is 0.0123 e. The Labute approximate surface area is 87.4 Å². The van der Waals surface area contributed by atoms with Gasteiger partial charge in [0.15, 0.2) is 0 Å². The van der Waals surface area contributed by atoms with Crippen molar-refractivity contribution in [2.75, 3.05) is 39.8 Å². The van der Waals surface area contributed by atoms with E-state index in [1.165, 1.54) is 45.6 Å². The summed E-state index contributed by atoms with van der Waals surface area (Å²) >= 11 is 0. The van der Waals surface area contributed by atoms with E-state index < -0.39 is 0 Å². The van der Waals surface area contributed by atoms with Crippen LogP contribution in [0.3, 0.4) is 0 Å². The van der Waals surface area contributed by atoms with E-state index in [4.69, 9.17) is 0 Å². The summed E-state index contributed by atoms with van der Waals surface area (Å²) in [5.74, 6) is 0. The minimum Gasteiger partial charge on any atom is -0.314 e. The fraction of sp³-hybridized carbons (Fsp3) is 1.00. The SMILES string of the molecule is C[C@@H]1C[C@@H](N2CCNCC2)CCN1C. The Bertz CT molecular complexity index is 177. The van der Waals surface area contributed by atoms with Crippen LogP contribution in [0.25, 0.3) is 0 Å². The van der Waals surface area contributed by atoms with Crippen LogP contribution >= 0.6 is 0 Å². The molecule has 0 aromatic rings. The molecule has 14 heavy (non-hydrogen) atoms. The molecule has 0 saturated carbocycles. The molecule has 1 N–H and O–H groups in total. The van der Waals surface area contributed by atoms with Crippen LogP contribution in [-0.4, -0.2) is 61.7 Å². The largest absolute Gasteiger partial charge is 0.314 e. The van der Waals surface area contributed by atoms with Gasteiger partial charge in [0.05, 0.1) is 0 Å². The van der Waals surface area contributed by atoms with Crippen LogP contribution in [0.5, 0.6) is 0 Å². The van der Waals surface area contributed by atoms with Crippen LogP contribution in [0.2, 0.25) is 0 Å². The van der Waals surface area contributed by atoms with Gasteiger partial charge in [0.25, 0.3) is 0 Å². The Morgan fingerprint density at radius 1 is 1.14 bits per heavy atom. The third kappa shape index (κ3) is 2.27. The van der Waals surface area contributed by atoms with Crippen LogP contribution in [0, 0.1) is 0 Å². The first-order valence-corrected chi connectivity index (χ1v) is 5.92. The van der Waals surface area contributed by atoms with Crippen molar-refractivity contribution in [1.82, 2.24) is 15.1 Å². The summed E-state index contributed by atoms with van der Waals surface area (Å²) < 4.78 is 0. The maximum absolute atomic E-state index is 3.42. The van der Waals surface area contributed by atoms with Crippen molar-refractivity contribution in [3.8, 4) is 0 Å². The van der Waals surface area contributed by atoms with Gasteiger partial charge in [-0.05, 0) is 33.4 Å². The van der Waals surface area contributed by atoms with Crippen molar-refractivity contribution in [1.29, 1.82) is 0 Å². The Balaban J connectivity index is 1.85. The number of piperazine rings is 1. The summed E-state index contributed by atoms with van der Waals surface area (Å²) in [6.07, 6.45) is 2.72. The number of nitrogens with zero attached hydrogens (tertiary/aromatic N) is 2. The summed E-state index contributed by atoms with van der Waals surface area (Å²) in [6.45, 7) is 8.49. The lowest BCUT2D eigenvalue weighted by atomic mass is 9.97. The first kappa shape index (κ1) is 10.4. The molecule has 0 unspecified atom stereocenters. The molecule has 2 rings (SSSR count). The molecule has 0 aromatic carbocycles. The third-order valence-corrected chi connectivity index (χ3v) is 3.85. The van der Waals surface area contributed by atoms with Crippen LogP contribution in [0.1, 0.15) is 19.8 Å². The quantitative estimate of drug-likeness (QED) is 0.655. The normalized spacial score (nSPS) is 37.3. The zero-order valence-electron chi connectivity index (χ0n) is 9.50. The molecule has 2 aliphatic heterocycles. The summed E-state index contributed by atoms with van der Waals surface area (Å²) in [7, 11) is 2.25. The second kappa shape index (κ2) is 4.60. The number of rotatable bonds is 1. The van der Waals surface area contributed by atoms with Gasteiger partial charge >= 0.3 is 0 Å². The second-order valence-corrected chi connectivity index (χ2v) is 4.79. The molecule has 0 spiro atoms. The number of hydrogen-bond acceptors (Lipinski definition) is 3. The topological polar surface area (TPSA) is 18.5 Å². The molecular formula is C11H23N3. The minimum atomic E-state index is 0.767. The summed E-state index contributed by atoms with van der Waals surface area (Å²) in [4.78, 5) is 5.17. The van der Waals surface area contributed by atoms with E-state index in [-0.39, 0.29) is 0 Å². The first-order valence-electron chi connectivity index (χ1n) is 5.92. The molecule has 0 bridgehead atoms. The van der Waals surface area contributed by atoms with Gasteiger partial charge in [0.1, 0.15) is 0 Å². The monoisotopic (exact) mass is 197 g/mol. The summed E-state index contributed by atoms with van der Waals surface area (Å²) in [5, 5.41) is 3.42. The highest BCUT2D eigenvalue weighted by Gasteiger charge is 2.27. The van der Waals surface area contributed by atoms with Crippen LogP contribution < -0.4 is 5.32 Å². The zero-order valence-corrected chi connectivity index (χ0v) is 9.50. The van der Waals surface area contributed by atoms with E-state index in [1.54, 1.807) is 0 Å². The van der Waals surface area contributed by atoms with Gasteiger partial charge in [-0.25, -0.2) is 0 Å². The Morgan fingerprint density at radius 2 is 1.86 bits per heavy atom. The van der Waals surface area contributed by atoms with E-state index in [0.29, 0.717) is 0 Å². The maximum Gasteiger partial charge on any atom is 0.0123 e. The summed E-state index contributed by atoms with van der Waals surface area (Å²) in [6, 6.07) is 1.62. The zero-order chi connectivity index (χ0) is 9.97. The van der Waals surface area contributed by atoms with Gasteiger partial charge in [-0.1, -0.05) is 0 Å². The Morgan fingerprint density at radius 3 is 2.50 bits per heavy atom. The predicted molar refractivity (Wildman–Crippen MR) is 59.6 cm³/mol. The standard InChI is InChI=1S/C11H23N3/c1-10-9-11(3-6-13(10)2)14-7-4-12-5-8-14/h10-12H,3-9H2,1-2H3/t10-,11+/m1/s1. The molecule has 3 heteroatoms. The fourth-order valence-corrected chi connectivity index (χ4v) is 2.64. The number of hydrogen-bond donors (Lipinski definition) is 1. The van der Waals surface area contributed by atoms with Crippen molar-refractivity contribution < 1.29 is 0 Å². The van der Waals surface area contributed by atoms with Gasteiger partial charge in [-0.3, -0.25) is 4.90 Å². The van der Waals surface area contributed by atoms with Crippen LogP contribution in [-0.2, 0) is 0 Å². The van der Waals surface area contributed by atoms with Crippen LogP contribution in [0.15, 0.2) is 0 Å². The lowest BCUT2D eigenvalue weighted by Gasteiger charge is -2.42. The molecule has 82 valence electrons. The third-order valence-electron chi connectivity index (χ3n) is 3.85. The number of likely N-dealkylation sites (tertiary alicyclic amines) is 1. The number of piperidine rings is 1. The lowest BCUT2D eigenvalue weighted by molar-refractivity contribution is 0.0795. The highest BCUT2D eigenvalue weighted by Crippen LogP contribution is 2.20. The minimum absolute atomic E-state index is 0.767. The average molecular weight is 197 g/mol. The van der Waals surface area contributed by atoms with Gasteiger partial charge in [0, 0.05) is 38.3 Å². The van der Waals surface area contributed by atoms with Crippen molar-refractivity contribution in [3.05, 3.63) is 0 Å². The lowest BCUT2D eigenvalue weighted by Crippen LogP contribution is -2.53. The Kier molecular flexibility index (Phi) is 3.42. The molecule has 2 fully saturated rings.